The van der Waals surface area contributed by atoms with E-state index < -0.39 is 113 Å². The van der Waals surface area contributed by atoms with Gasteiger partial charge in [-0.25, -0.2) is 4.79 Å². The average molecular weight is 745 g/mol. The Morgan fingerprint density at radius 3 is 1.83 bits per heavy atom. The monoisotopic (exact) mass is 744 g/mol. The summed E-state index contributed by atoms with van der Waals surface area (Å²) >= 11 is 0. The summed E-state index contributed by atoms with van der Waals surface area (Å²) in [6.07, 6.45) is -7.41. The number of benzene rings is 1. The molecule has 2 N–H and O–H groups in total. The van der Waals surface area contributed by atoms with E-state index in [9.17, 15) is 39.0 Å². The van der Waals surface area contributed by atoms with Crippen molar-refractivity contribution in [2.75, 3.05) is 0 Å². The highest BCUT2D eigenvalue weighted by atomic mass is 16.6. The van der Waals surface area contributed by atoms with E-state index in [4.69, 9.17) is 28.4 Å². The molecule has 292 valence electrons. The van der Waals surface area contributed by atoms with E-state index in [0.717, 1.165) is 27.7 Å². The third-order valence-electron chi connectivity index (χ3n) is 9.56. The van der Waals surface area contributed by atoms with Crippen molar-refractivity contribution in [1.82, 2.24) is 0 Å². The lowest BCUT2D eigenvalue weighted by atomic mass is 9.71. The van der Waals surface area contributed by atoms with Gasteiger partial charge in [-0.15, -0.1) is 0 Å². The topological polar surface area (TPSA) is 198 Å². The quantitative estimate of drug-likeness (QED) is 0.221. The molecule has 1 saturated carbocycles. The van der Waals surface area contributed by atoms with E-state index >= 15 is 0 Å². The number of hydrogen-bond donors (Lipinski definition) is 2. The third-order valence-corrected chi connectivity index (χ3v) is 9.56. The minimum absolute atomic E-state index is 0.0857. The first-order valence-corrected chi connectivity index (χ1v) is 17.4. The molecule has 3 rings (SSSR count). The Kier molecular flexibility index (Phi) is 13.4. The number of carbonyl (C=O) groups excluding carboxylic acids is 6. The van der Waals surface area contributed by atoms with E-state index in [-0.39, 0.29) is 11.1 Å². The SMILES string of the molecule is C=C1[C@H](OC(C)=O)C2[C@@H](OC(=O)c3ccccc3)[C@](C)(OC(C)=O)C[C@]2(O)[C@@H](OC(C)=O)[C@@H](C)C=CC(C)(C)[C@H](OC(C)=O)[C@H](O)[C@H]1OC(=O)C(C)C. The number of esters is 6. The van der Waals surface area contributed by atoms with E-state index in [1.807, 2.05) is 0 Å². The molecule has 1 aromatic carbocycles. The molecule has 1 fully saturated rings. The van der Waals surface area contributed by atoms with Crippen LogP contribution in [0.1, 0.15) is 86.0 Å². The molecular weight excluding hydrogens is 692 g/mol. The number of ether oxygens (including phenoxy) is 6. The van der Waals surface area contributed by atoms with Crippen LogP contribution in [0.5, 0.6) is 0 Å². The van der Waals surface area contributed by atoms with Crippen LogP contribution in [0.2, 0.25) is 0 Å². The van der Waals surface area contributed by atoms with Crippen molar-refractivity contribution in [3.63, 3.8) is 0 Å². The van der Waals surface area contributed by atoms with Gasteiger partial charge in [-0.1, -0.05) is 71.5 Å². The lowest BCUT2D eigenvalue weighted by Gasteiger charge is -2.45. The Labute approximate surface area is 309 Å². The number of fused-ring (bicyclic) bond motifs is 1. The largest absolute Gasteiger partial charge is 0.459 e. The Bertz CT molecular complexity index is 1600. The minimum Gasteiger partial charge on any atom is -0.459 e. The molecule has 0 bridgehead atoms. The molecule has 53 heavy (non-hydrogen) atoms. The minimum atomic E-state index is -2.36. The second-order valence-electron chi connectivity index (χ2n) is 15.0. The van der Waals surface area contributed by atoms with Gasteiger partial charge in [-0.2, -0.15) is 0 Å². The van der Waals surface area contributed by atoms with Gasteiger partial charge in [-0.05, 0) is 19.1 Å². The van der Waals surface area contributed by atoms with E-state index in [1.165, 1.54) is 32.9 Å². The molecule has 0 spiro atoms. The van der Waals surface area contributed by atoms with Crippen molar-refractivity contribution in [1.29, 1.82) is 0 Å². The molecular formula is C39H52O14. The summed E-state index contributed by atoms with van der Waals surface area (Å²) in [4.78, 5) is 78.0. The van der Waals surface area contributed by atoms with E-state index in [2.05, 4.69) is 6.58 Å². The lowest BCUT2D eigenvalue weighted by molar-refractivity contribution is -0.194. The molecule has 0 amide bonds. The molecule has 14 heteroatoms. The van der Waals surface area contributed by atoms with Gasteiger partial charge >= 0.3 is 35.8 Å². The zero-order valence-corrected chi connectivity index (χ0v) is 31.9. The highest BCUT2D eigenvalue weighted by Gasteiger charge is 2.70. The first-order valence-electron chi connectivity index (χ1n) is 17.4. The Hall–Kier alpha value is -4.56. The van der Waals surface area contributed by atoms with Crippen LogP contribution < -0.4 is 0 Å². The van der Waals surface area contributed by atoms with Crippen LogP contribution >= 0.6 is 0 Å². The van der Waals surface area contributed by atoms with Crippen molar-refractivity contribution in [3.05, 3.63) is 60.2 Å². The summed E-state index contributed by atoms with van der Waals surface area (Å²) in [5, 5.41) is 25.2. The third kappa shape index (κ3) is 9.71. The van der Waals surface area contributed by atoms with Crippen LogP contribution in [0.15, 0.2) is 54.6 Å². The summed E-state index contributed by atoms with van der Waals surface area (Å²) in [6, 6.07) is 7.80. The molecule has 1 unspecified atom stereocenters. The maximum atomic E-state index is 13.8. The molecule has 0 aliphatic heterocycles. The zero-order chi connectivity index (χ0) is 40.2. The van der Waals surface area contributed by atoms with Crippen molar-refractivity contribution in [2.45, 2.75) is 123 Å². The molecule has 14 nitrogen and oxygen atoms in total. The predicted octanol–water partition coefficient (Wildman–Crippen LogP) is 3.80. The molecule has 0 heterocycles. The number of rotatable bonds is 8. The van der Waals surface area contributed by atoms with Crippen molar-refractivity contribution >= 4 is 35.8 Å². The number of aliphatic hydroxyl groups excluding tert-OH is 1. The molecule has 0 saturated heterocycles. The molecule has 10 atom stereocenters. The summed E-state index contributed by atoms with van der Waals surface area (Å²) in [6.45, 7) is 17.9. The highest BCUT2D eigenvalue weighted by molar-refractivity contribution is 5.89. The van der Waals surface area contributed by atoms with Crippen molar-refractivity contribution in [3.8, 4) is 0 Å². The second kappa shape index (κ2) is 16.6. The van der Waals surface area contributed by atoms with Crippen LogP contribution in [0.4, 0.5) is 0 Å². The van der Waals surface area contributed by atoms with Gasteiger partial charge in [0.25, 0.3) is 0 Å². The first kappa shape index (κ1) is 42.8. The summed E-state index contributed by atoms with van der Waals surface area (Å²) in [5.41, 5.74) is -5.69. The van der Waals surface area contributed by atoms with Crippen LogP contribution in [0, 0.1) is 23.2 Å². The Balaban J connectivity index is 2.51. The average Bonchev–Trinajstić information content (AvgIpc) is 3.26. The van der Waals surface area contributed by atoms with Gasteiger partial charge in [0.05, 0.1) is 17.4 Å². The maximum absolute atomic E-state index is 13.8. The number of hydrogen-bond acceptors (Lipinski definition) is 14. The van der Waals surface area contributed by atoms with Crippen LogP contribution in [-0.2, 0) is 52.4 Å². The van der Waals surface area contributed by atoms with Gasteiger partial charge in [0.15, 0.2) is 12.2 Å². The smallest absolute Gasteiger partial charge is 0.338 e. The summed E-state index contributed by atoms with van der Waals surface area (Å²) < 4.78 is 35.1. The van der Waals surface area contributed by atoms with Crippen LogP contribution in [0.25, 0.3) is 0 Å². The van der Waals surface area contributed by atoms with Gasteiger partial charge in [0, 0.05) is 51.0 Å². The fourth-order valence-electron chi connectivity index (χ4n) is 7.30. The Morgan fingerprint density at radius 2 is 1.32 bits per heavy atom. The summed E-state index contributed by atoms with van der Waals surface area (Å²) in [7, 11) is 0. The molecule has 2 aliphatic carbocycles. The lowest BCUT2D eigenvalue weighted by Crippen LogP contribution is -2.59. The normalized spacial score (nSPS) is 32.6. The second-order valence-corrected chi connectivity index (χ2v) is 15.0. The molecule has 0 aromatic heterocycles. The van der Waals surface area contributed by atoms with E-state index in [1.54, 1.807) is 51.1 Å². The fraction of sp³-hybridized carbons (Fsp3) is 0.590. The van der Waals surface area contributed by atoms with Crippen molar-refractivity contribution < 1.29 is 67.4 Å². The van der Waals surface area contributed by atoms with Crippen LogP contribution in [0.3, 0.4) is 0 Å². The Morgan fingerprint density at radius 1 is 0.774 bits per heavy atom. The molecule has 2 aliphatic rings. The number of aliphatic hydroxyl groups is 2. The molecule has 0 radical (unpaired) electrons. The highest BCUT2D eigenvalue weighted by Crippen LogP contribution is 2.54. The maximum Gasteiger partial charge on any atom is 0.338 e. The zero-order valence-electron chi connectivity index (χ0n) is 31.9. The van der Waals surface area contributed by atoms with E-state index in [0.29, 0.717) is 0 Å². The standard InChI is InChI=1S/C39H52O14/c1-20(2)35(45)51-31-22(4)30(48-23(5)40)28-33(52-36(46)27-15-13-12-14-16-27)38(11,53-26(8)43)19-39(28,47)32(49-24(6)41)21(3)17-18-37(9,10)34(29(31)44)50-25(7)42/h12-18,20-21,28-34,44,47H,4,19H2,1-3,5-11H3/t21-,28?,29+,30-,31-,32-,33+,34+,38+,39+/m0/s1. The van der Waals surface area contributed by atoms with Crippen LogP contribution in [-0.4, -0.2) is 93.9 Å². The van der Waals surface area contributed by atoms with Crippen molar-refractivity contribution in [2.24, 2.45) is 23.2 Å². The predicted molar refractivity (Wildman–Crippen MR) is 187 cm³/mol. The van der Waals surface area contributed by atoms with Gasteiger partial charge in [0.1, 0.15) is 35.6 Å². The fourth-order valence-corrected chi connectivity index (χ4v) is 7.30. The van der Waals surface area contributed by atoms with Gasteiger partial charge < -0.3 is 38.6 Å². The number of carbonyl (C=O) groups is 6. The van der Waals surface area contributed by atoms with Gasteiger partial charge in [-0.3, -0.25) is 24.0 Å². The molecule has 1 aromatic rings. The van der Waals surface area contributed by atoms with Gasteiger partial charge in [0.2, 0.25) is 0 Å². The first-order chi connectivity index (χ1) is 24.4. The summed E-state index contributed by atoms with van der Waals surface area (Å²) in [5.74, 6) is -8.37.